The minimum atomic E-state index is 0.930. The molecule has 0 fully saturated rings. The van der Waals surface area contributed by atoms with Gasteiger partial charge in [0.05, 0.1) is 5.69 Å². The molecule has 0 bridgehead atoms. The summed E-state index contributed by atoms with van der Waals surface area (Å²) in [7, 11) is 1.98. The summed E-state index contributed by atoms with van der Waals surface area (Å²) in [5.74, 6) is 1.29. The number of hydrogen-bond donors (Lipinski definition) is 1. The van der Waals surface area contributed by atoms with Crippen molar-refractivity contribution in [3.8, 4) is 0 Å². The predicted molar refractivity (Wildman–Crippen MR) is 67.1 cm³/mol. The molecule has 0 saturated carbocycles. The first kappa shape index (κ1) is 12.6. The molecule has 0 radical (unpaired) electrons. The van der Waals surface area contributed by atoms with E-state index in [1.807, 2.05) is 29.7 Å². The fraction of sp³-hybridized carbons (Fsp3) is 0.727. The van der Waals surface area contributed by atoms with E-state index in [4.69, 9.17) is 0 Å². The summed E-state index contributed by atoms with van der Waals surface area (Å²) in [6.45, 7) is 2.04. The summed E-state index contributed by atoms with van der Waals surface area (Å²) in [6.07, 6.45) is 7.96. The lowest BCUT2D eigenvalue weighted by molar-refractivity contribution is 0.589. The first-order chi connectivity index (χ1) is 7.34. The summed E-state index contributed by atoms with van der Waals surface area (Å²) in [6, 6.07) is 2.06. The molecule has 0 spiro atoms. The van der Waals surface area contributed by atoms with Crippen LogP contribution < -0.4 is 5.32 Å². The third-order valence-corrected chi connectivity index (χ3v) is 3.13. The largest absolute Gasteiger partial charge is 0.311 e. The molecule has 1 aromatic rings. The molecule has 0 aliphatic carbocycles. The Morgan fingerprint density at radius 2 is 2.27 bits per heavy atom. The van der Waals surface area contributed by atoms with Gasteiger partial charge in [-0.25, -0.2) is 0 Å². The highest BCUT2D eigenvalue weighted by Gasteiger charge is 1.96. The van der Waals surface area contributed by atoms with Crippen molar-refractivity contribution in [2.45, 2.75) is 25.8 Å². The summed E-state index contributed by atoms with van der Waals surface area (Å²) < 4.78 is 1.92. The number of aryl methyl sites for hydroxylation is 1. The highest BCUT2D eigenvalue weighted by molar-refractivity contribution is 7.98. The quantitative estimate of drug-likeness (QED) is 0.689. The number of aromatic nitrogens is 2. The van der Waals surface area contributed by atoms with Crippen molar-refractivity contribution < 1.29 is 0 Å². The Morgan fingerprint density at radius 1 is 1.40 bits per heavy atom. The van der Waals surface area contributed by atoms with Crippen LogP contribution in [0.3, 0.4) is 0 Å². The molecule has 0 aliphatic rings. The minimum Gasteiger partial charge on any atom is -0.311 e. The van der Waals surface area contributed by atoms with Gasteiger partial charge in [0.2, 0.25) is 0 Å². The zero-order valence-electron chi connectivity index (χ0n) is 9.70. The summed E-state index contributed by atoms with van der Waals surface area (Å²) in [4.78, 5) is 0. The van der Waals surface area contributed by atoms with E-state index in [1.54, 1.807) is 0 Å². The summed E-state index contributed by atoms with van der Waals surface area (Å²) in [5.41, 5.74) is 1.25. The van der Waals surface area contributed by atoms with Crippen LogP contribution >= 0.6 is 11.8 Å². The van der Waals surface area contributed by atoms with Crippen LogP contribution in [0.25, 0.3) is 0 Å². The fourth-order valence-corrected chi connectivity index (χ4v) is 1.96. The van der Waals surface area contributed by atoms with E-state index in [9.17, 15) is 0 Å². The second-order valence-electron chi connectivity index (χ2n) is 3.68. The van der Waals surface area contributed by atoms with E-state index in [0.29, 0.717) is 0 Å². The van der Waals surface area contributed by atoms with E-state index in [0.717, 1.165) is 13.1 Å². The number of thioether (sulfide) groups is 1. The standard InChI is InChI=1S/C11H21N3S/c1-14-11(6-8-13-14)10-12-7-4-3-5-9-15-2/h6,8,12H,3-5,7,9-10H2,1-2H3. The molecule has 15 heavy (non-hydrogen) atoms. The van der Waals surface area contributed by atoms with Crippen molar-refractivity contribution in [1.82, 2.24) is 15.1 Å². The van der Waals surface area contributed by atoms with Gasteiger partial charge in [-0.3, -0.25) is 4.68 Å². The van der Waals surface area contributed by atoms with E-state index in [2.05, 4.69) is 22.7 Å². The lowest BCUT2D eigenvalue weighted by Crippen LogP contribution is -2.16. The van der Waals surface area contributed by atoms with Crippen molar-refractivity contribution in [3.05, 3.63) is 18.0 Å². The second-order valence-corrected chi connectivity index (χ2v) is 4.66. The Morgan fingerprint density at radius 3 is 2.93 bits per heavy atom. The fourth-order valence-electron chi connectivity index (χ4n) is 1.46. The zero-order chi connectivity index (χ0) is 10.9. The molecule has 1 heterocycles. The van der Waals surface area contributed by atoms with Crippen molar-refractivity contribution in [1.29, 1.82) is 0 Å². The molecule has 0 aliphatic heterocycles. The molecule has 0 amide bonds. The topological polar surface area (TPSA) is 29.9 Å². The summed E-state index contributed by atoms with van der Waals surface area (Å²) >= 11 is 1.93. The normalized spacial score (nSPS) is 10.8. The summed E-state index contributed by atoms with van der Waals surface area (Å²) in [5, 5.41) is 7.57. The lowest BCUT2D eigenvalue weighted by atomic mass is 10.2. The highest BCUT2D eigenvalue weighted by Crippen LogP contribution is 2.01. The third kappa shape index (κ3) is 5.23. The van der Waals surface area contributed by atoms with Crippen LogP contribution in [0.15, 0.2) is 12.3 Å². The van der Waals surface area contributed by atoms with Gasteiger partial charge in [-0.2, -0.15) is 16.9 Å². The van der Waals surface area contributed by atoms with E-state index < -0.39 is 0 Å². The Bertz CT molecular complexity index is 260. The molecule has 0 saturated heterocycles. The smallest absolute Gasteiger partial charge is 0.0518 e. The van der Waals surface area contributed by atoms with Crippen molar-refractivity contribution >= 4 is 11.8 Å². The van der Waals surface area contributed by atoms with E-state index in [1.165, 1.54) is 30.7 Å². The average molecular weight is 227 g/mol. The van der Waals surface area contributed by atoms with Crippen molar-refractivity contribution in [3.63, 3.8) is 0 Å². The molecule has 0 atom stereocenters. The van der Waals surface area contributed by atoms with Gasteiger partial charge in [-0.1, -0.05) is 6.42 Å². The number of nitrogens with one attached hydrogen (secondary N) is 1. The van der Waals surface area contributed by atoms with Gasteiger partial charge in [0.25, 0.3) is 0 Å². The predicted octanol–water partition coefficient (Wildman–Crippen LogP) is 2.04. The first-order valence-electron chi connectivity index (χ1n) is 5.51. The van der Waals surface area contributed by atoms with Crippen LogP contribution in [0.4, 0.5) is 0 Å². The Hall–Kier alpha value is -0.480. The van der Waals surface area contributed by atoms with Gasteiger partial charge >= 0.3 is 0 Å². The minimum absolute atomic E-state index is 0.930. The first-order valence-corrected chi connectivity index (χ1v) is 6.90. The van der Waals surface area contributed by atoms with Gasteiger partial charge in [0.1, 0.15) is 0 Å². The lowest BCUT2D eigenvalue weighted by Gasteiger charge is -2.04. The number of hydrogen-bond acceptors (Lipinski definition) is 3. The molecular formula is C11H21N3S. The van der Waals surface area contributed by atoms with E-state index >= 15 is 0 Å². The van der Waals surface area contributed by atoms with Crippen molar-refractivity contribution in [2.24, 2.45) is 7.05 Å². The maximum absolute atomic E-state index is 4.13. The van der Waals surface area contributed by atoms with Gasteiger partial charge in [0.15, 0.2) is 0 Å². The van der Waals surface area contributed by atoms with Crippen LogP contribution in [-0.2, 0) is 13.6 Å². The van der Waals surface area contributed by atoms with Gasteiger partial charge in [0, 0.05) is 19.8 Å². The monoisotopic (exact) mass is 227 g/mol. The Balaban J connectivity index is 1.96. The number of unbranched alkanes of at least 4 members (excludes halogenated alkanes) is 2. The van der Waals surface area contributed by atoms with Crippen LogP contribution in [0, 0.1) is 0 Å². The number of nitrogens with zero attached hydrogens (tertiary/aromatic N) is 2. The van der Waals surface area contributed by atoms with Gasteiger partial charge in [-0.15, -0.1) is 0 Å². The molecule has 0 aromatic carbocycles. The molecule has 1 aromatic heterocycles. The average Bonchev–Trinajstić information content (AvgIpc) is 2.63. The molecule has 3 nitrogen and oxygen atoms in total. The molecule has 1 N–H and O–H groups in total. The zero-order valence-corrected chi connectivity index (χ0v) is 10.5. The van der Waals surface area contributed by atoms with Gasteiger partial charge in [-0.05, 0) is 37.5 Å². The van der Waals surface area contributed by atoms with Gasteiger partial charge < -0.3 is 5.32 Å². The molecule has 1 rings (SSSR count). The SMILES string of the molecule is CSCCCCCNCc1ccnn1C. The van der Waals surface area contributed by atoms with Crippen molar-refractivity contribution in [2.75, 3.05) is 18.6 Å². The van der Waals surface area contributed by atoms with E-state index in [-0.39, 0.29) is 0 Å². The Kier molecular flexibility index (Phi) is 6.52. The van der Waals surface area contributed by atoms with Crippen LogP contribution in [0.2, 0.25) is 0 Å². The molecule has 0 unspecified atom stereocenters. The third-order valence-electron chi connectivity index (χ3n) is 2.43. The van der Waals surface area contributed by atoms with Crippen LogP contribution in [0.5, 0.6) is 0 Å². The molecular weight excluding hydrogens is 206 g/mol. The van der Waals surface area contributed by atoms with Crippen LogP contribution in [-0.4, -0.2) is 28.3 Å². The molecule has 4 heteroatoms. The second kappa shape index (κ2) is 7.77. The maximum atomic E-state index is 4.13. The van der Waals surface area contributed by atoms with Crippen LogP contribution in [0.1, 0.15) is 25.0 Å². The molecule has 86 valence electrons. The Labute approximate surface area is 96.6 Å². The maximum Gasteiger partial charge on any atom is 0.0518 e. The number of rotatable bonds is 8. The highest BCUT2D eigenvalue weighted by atomic mass is 32.2.